The van der Waals surface area contributed by atoms with Crippen LogP contribution in [0.2, 0.25) is 0 Å². The molecule has 97 heavy (non-hydrogen) atoms. The maximum Gasteiger partial charge on any atom is 0.252 e. The quantitative estimate of drug-likeness (QED) is 0.162. The summed E-state index contributed by atoms with van der Waals surface area (Å²) in [5, 5.41) is 2.59. The van der Waals surface area contributed by atoms with Gasteiger partial charge in [0.2, 0.25) is 0 Å². The van der Waals surface area contributed by atoms with Crippen LogP contribution in [0.4, 0.5) is 102 Å². The summed E-state index contributed by atoms with van der Waals surface area (Å²) in [6.07, 6.45) is 0. The Bertz CT molecular complexity index is 5640. The van der Waals surface area contributed by atoms with E-state index in [2.05, 4.69) is 334 Å². The molecule has 0 spiro atoms. The van der Waals surface area contributed by atoms with Crippen molar-refractivity contribution in [1.29, 1.82) is 0 Å². The van der Waals surface area contributed by atoms with Crippen molar-refractivity contribution in [3.05, 3.63) is 302 Å². The number of hydrogen-bond acceptors (Lipinski definition) is 7. The monoisotopic (exact) mass is 1250 g/mol. The topological polar surface area (TPSA) is 19.4 Å². The van der Waals surface area contributed by atoms with Crippen LogP contribution in [-0.4, -0.2) is 26.9 Å². The summed E-state index contributed by atoms with van der Waals surface area (Å²) in [6, 6.07) is 111. The van der Waals surface area contributed by atoms with Gasteiger partial charge in [0.05, 0.1) is 0 Å². The molecular weight excluding hydrogens is 1190 g/mol. The van der Waals surface area contributed by atoms with Crippen molar-refractivity contribution >= 4 is 226 Å². The van der Waals surface area contributed by atoms with Crippen molar-refractivity contribution in [2.45, 2.75) is 13.8 Å². The van der Waals surface area contributed by atoms with Crippen molar-refractivity contribution in [2.75, 3.05) is 29.4 Å². The third-order valence-electron chi connectivity index (χ3n) is 22.8. The maximum atomic E-state index is 2.66. The molecule has 0 aliphatic carbocycles. The average Bonchev–Trinajstić information content (AvgIpc) is 1.02. The molecule has 15 aromatic rings. The Labute approximate surface area is 568 Å². The summed E-state index contributed by atoms with van der Waals surface area (Å²) >= 11 is 1.94. The van der Waals surface area contributed by atoms with Crippen LogP contribution in [-0.2, 0) is 0 Å². The Morgan fingerprint density at radius 1 is 0.216 bits per heavy atom. The van der Waals surface area contributed by atoms with Gasteiger partial charge in [0.15, 0.2) is 0 Å². The van der Waals surface area contributed by atoms with Crippen molar-refractivity contribution in [1.82, 2.24) is 0 Å². The summed E-state index contributed by atoms with van der Waals surface area (Å²) < 4.78 is 2.54. The van der Waals surface area contributed by atoms with Crippen molar-refractivity contribution in [3.63, 3.8) is 0 Å². The molecule has 0 bridgehead atoms. The van der Waals surface area contributed by atoms with E-state index in [1.54, 1.807) is 0 Å². The first kappa shape index (κ1) is 52.7. The molecule has 0 radical (unpaired) electrons. The van der Waals surface area contributed by atoms with E-state index < -0.39 is 0 Å². The van der Waals surface area contributed by atoms with E-state index in [4.69, 9.17) is 0 Å². The van der Waals surface area contributed by atoms with E-state index in [0.717, 1.165) is 22.7 Å². The summed E-state index contributed by atoms with van der Waals surface area (Å²) in [5.41, 5.74) is 40.8. The first-order valence-electron chi connectivity index (χ1n) is 34.1. The fourth-order valence-electron chi connectivity index (χ4n) is 19.4. The Balaban J connectivity index is 0.823. The molecule has 8 aliphatic heterocycles. The summed E-state index contributed by atoms with van der Waals surface area (Å²) in [5.74, 6) is 0. The largest absolute Gasteiger partial charge is 0.312 e. The van der Waals surface area contributed by atoms with Crippen LogP contribution in [0.25, 0.3) is 20.2 Å². The summed E-state index contributed by atoms with van der Waals surface area (Å²) in [7, 11) is 0. The first-order chi connectivity index (χ1) is 48.1. The highest BCUT2D eigenvalue weighted by molar-refractivity contribution is 7.26. The summed E-state index contributed by atoms with van der Waals surface area (Å²) in [6.45, 7) is 4.69. The minimum absolute atomic E-state index is 0.00482. The van der Waals surface area contributed by atoms with Gasteiger partial charge in [-0.3, -0.25) is 0 Å². The zero-order valence-electron chi connectivity index (χ0n) is 53.1. The smallest absolute Gasteiger partial charge is 0.252 e. The molecule has 1 aromatic heterocycles. The van der Waals surface area contributed by atoms with Gasteiger partial charge in [0.25, 0.3) is 26.9 Å². The summed E-state index contributed by atoms with van der Waals surface area (Å²) in [4.78, 5) is 15.8. The van der Waals surface area contributed by atoms with Crippen LogP contribution in [0, 0.1) is 13.8 Å². The second-order valence-electron chi connectivity index (χ2n) is 27.4. The van der Waals surface area contributed by atoms with E-state index >= 15 is 0 Å². The lowest BCUT2D eigenvalue weighted by Crippen LogP contribution is -2.69. The van der Waals surface area contributed by atoms with Crippen LogP contribution >= 0.6 is 11.3 Å². The lowest BCUT2D eigenvalue weighted by Gasteiger charge is -2.52. The van der Waals surface area contributed by atoms with Crippen LogP contribution in [0.15, 0.2) is 291 Å². The lowest BCUT2D eigenvalue weighted by molar-refractivity contribution is 1.20. The number of anilines is 18. The molecule has 0 fully saturated rings. The molecule has 14 aromatic carbocycles. The standard InChI is InChI=1S/C86H54B4N6S/c1-51-81-77-85-79-83(51)93(55-31-11-5-12-32-55)73-49-75-57(47-65(73)89(79)63-39-19-25-45-71(63)95(85)69-43-23-17-37-61(69)87(77)59-35-15-21-41-67(59)91(81)53-27-7-3-8-28-53)58-48-66-74(50-76(58)97-75)94(56-33-13-6-14-34-56)84-52(2)82-78-86-80(84)90(66)64-40-20-26-46-72(64)96(86)70-44-24-18-38-62(70)88(78)60-36-16-22-42-68(60)92(82)54-29-9-4-10-30-54/h3-50H,1-2H3. The Kier molecular flexibility index (Phi) is 10.4. The Morgan fingerprint density at radius 2 is 0.443 bits per heavy atom. The SMILES string of the molecule is Cc1c2c3c4c5c1N(c1ccccc1)c1cc6sc7cc8c(cc7c6cc1B5c1ccccc1N4c1ccccc1B3c1ccccc1N2c1ccccc1)B1c2ccccc2N2c3ccccc3B3c4ccccc4N(c4ccccc4)c4c(C)c(c1c2c43)N8c1ccccc1. The number of thiophene rings is 1. The molecule has 8 aliphatic rings. The van der Waals surface area contributed by atoms with Gasteiger partial charge in [-0.05, 0) is 198 Å². The van der Waals surface area contributed by atoms with E-state index in [9.17, 15) is 0 Å². The predicted octanol–water partition coefficient (Wildman–Crippen LogP) is 14.1. The zero-order chi connectivity index (χ0) is 63.2. The second kappa shape index (κ2) is 19.1. The Hall–Kier alpha value is -11.6. The number of fused-ring (bicyclic) bond motifs is 23. The van der Waals surface area contributed by atoms with Gasteiger partial charge >= 0.3 is 0 Å². The van der Waals surface area contributed by atoms with Gasteiger partial charge in [-0.25, -0.2) is 0 Å². The van der Waals surface area contributed by atoms with Crippen molar-refractivity contribution in [3.8, 4) is 0 Å². The molecule has 0 amide bonds. The van der Waals surface area contributed by atoms with Crippen LogP contribution in [0.3, 0.4) is 0 Å². The van der Waals surface area contributed by atoms with Gasteiger partial charge in [0, 0.05) is 112 Å². The van der Waals surface area contributed by atoms with E-state index in [1.807, 2.05) is 11.3 Å². The lowest BCUT2D eigenvalue weighted by atomic mass is 9.28. The van der Waals surface area contributed by atoms with E-state index in [1.165, 1.54) is 176 Å². The molecule has 446 valence electrons. The van der Waals surface area contributed by atoms with E-state index in [-0.39, 0.29) is 26.9 Å². The zero-order valence-corrected chi connectivity index (χ0v) is 53.9. The average molecular weight is 1250 g/mol. The van der Waals surface area contributed by atoms with Crippen molar-refractivity contribution < 1.29 is 0 Å². The number of nitrogens with zero attached hydrogens (tertiary/aromatic N) is 6. The highest BCUT2D eigenvalue weighted by atomic mass is 32.1. The van der Waals surface area contributed by atoms with Crippen LogP contribution < -0.4 is 95.0 Å². The van der Waals surface area contributed by atoms with E-state index in [0.29, 0.717) is 0 Å². The van der Waals surface area contributed by atoms with Crippen LogP contribution in [0.5, 0.6) is 0 Å². The molecule has 0 saturated carbocycles. The molecule has 0 atom stereocenters. The molecule has 0 saturated heterocycles. The highest BCUT2D eigenvalue weighted by Gasteiger charge is 2.55. The van der Waals surface area contributed by atoms with Gasteiger partial charge in [-0.15, -0.1) is 11.3 Å². The predicted molar refractivity (Wildman–Crippen MR) is 416 cm³/mol. The highest BCUT2D eigenvalue weighted by Crippen LogP contribution is 2.56. The molecular formula is C86H54B4N6S. The molecule has 0 N–H and O–H groups in total. The second-order valence-corrected chi connectivity index (χ2v) is 28.4. The minimum atomic E-state index is -0.0861. The van der Waals surface area contributed by atoms with Gasteiger partial charge in [0.1, 0.15) is 0 Å². The fourth-order valence-corrected chi connectivity index (χ4v) is 20.5. The maximum absolute atomic E-state index is 2.66. The molecule has 0 unspecified atom stereocenters. The van der Waals surface area contributed by atoms with Gasteiger partial charge in [-0.2, -0.15) is 0 Å². The van der Waals surface area contributed by atoms with Crippen molar-refractivity contribution in [2.24, 2.45) is 0 Å². The molecule has 9 heterocycles. The molecule has 6 nitrogen and oxygen atoms in total. The van der Waals surface area contributed by atoms with Gasteiger partial charge in [-0.1, -0.05) is 194 Å². The van der Waals surface area contributed by atoms with Crippen LogP contribution in [0.1, 0.15) is 11.1 Å². The normalized spacial score (nSPS) is 14.5. The molecule has 11 heteroatoms. The third kappa shape index (κ3) is 6.60. The third-order valence-corrected chi connectivity index (χ3v) is 23.9. The number of benzene rings is 14. The minimum Gasteiger partial charge on any atom is -0.312 e. The number of para-hydroxylation sites is 10. The Morgan fingerprint density at radius 3 is 0.722 bits per heavy atom. The van der Waals surface area contributed by atoms with Gasteiger partial charge < -0.3 is 29.4 Å². The number of rotatable bonds is 4. The molecule has 23 rings (SSSR count). The fraction of sp³-hybridized carbons (Fsp3) is 0.0233. The number of hydrogen-bond donors (Lipinski definition) is 0. The first-order valence-corrected chi connectivity index (χ1v) is 34.9.